The van der Waals surface area contributed by atoms with Crippen LogP contribution in [0.1, 0.15) is 23.6 Å². The van der Waals surface area contributed by atoms with Crippen molar-refractivity contribution in [3.05, 3.63) is 63.1 Å². The summed E-state index contributed by atoms with van der Waals surface area (Å²) >= 11 is 12.1. The molecule has 1 N–H and O–H groups in total. The monoisotopic (exact) mass is 392 g/mol. The average Bonchev–Trinajstić information content (AvgIpc) is 2.55. The Hall–Kier alpha value is -2.04. The first-order valence-corrected chi connectivity index (χ1v) is 9.08. The lowest BCUT2D eigenvalue weighted by molar-refractivity contribution is -0.132. The summed E-state index contributed by atoms with van der Waals surface area (Å²) in [5.41, 5.74) is 3.76. The first kappa shape index (κ1) is 20.3. The SMILES string of the molecule is CC(=O)N(CCc1ccc(Cl)cc1Cl)CC(=O)Nc1ccc(C)cc1C. The third-order valence-electron chi connectivity index (χ3n) is 4.10. The van der Waals surface area contributed by atoms with E-state index in [0.717, 1.165) is 22.4 Å². The summed E-state index contributed by atoms with van der Waals surface area (Å²) < 4.78 is 0. The number of aryl methyl sites for hydroxylation is 2. The van der Waals surface area contributed by atoms with Crippen molar-refractivity contribution in [1.82, 2.24) is 4.90 Å². The Bertz CT molecular complexity index is 821. The van der Waals surface area contributed by atoms with E-state index >= 15 is 0 Å². The van der Waals surface area contributed by atoms with Crippen LogP contribution in [0.5, 0.6) is 0 Å². The van der Waals surface area contributed by atoms with Gasteiger partial charge in [-0.25, -0.2) is 0 Å². The van der Waals surface area contributed by atoms with E-state index < -0.39 is 0 Å². The standard InChI is InChI=1S/C20H22Cl2N2O2/c1-13-4-7-19(14(2)10-13)23-20(26)12-24(15(3)25)9-8-16-5-6-17(21)11-18(16)22/h4-7,10-11H,8-9,12H2,1-3H3,(H,23,26). The van der Waals surface area contributed by atoms with Crippen molar-refractivity contribution >= 4 is 40.7 Å². The molecule has 0 bridgehead atoms. The number of carbonyl (C=O) groups is 2. The van der Waals surface area contributed by atoms with Crippen LogP contribution in [0.4, 0.5) is 5.69 Å². The molecule has 0 radical (unpaired) electrons. The Kier molecular flexibility index (Phi) is 7.06. The van der Waals surface area contributed by atoms with Gasteiger partial charge in [0.15, 0.2) is 0 Å². The topological polar surface area (TPSA) is 49.4 Å². The minimum absolute atomic E-state index is 0.00609. The molecule has 2 amide bonds. The second kappa shape index (κ2) is 9.06. The zero-order valence-electron chi connectivity index (χ0n) is 15.1. The van der Waals surface area contributed by atoms with Crippen molar-refractivity contribution < 1.29 is 9.59 Å². The van der Waals surface area contributed by atoms with Gasteiger partial charge in [-0.05, 0) is 49.6 Å². The van der Waals surface area contributed by atoms with E-state index in [9.17, 15) is 9.59 Å². The van der Waals surface area contributed by atoms with E-state index in [1.54, 1.807) is 12.1 Å². The van der Waals surface area contributed by atoms with Gasteiger partial charge in [-0.3, -0.25) is 9.59 Å². The maximum Gasteiger partial charge on any atom is 0.244 e. The molecule has 0 aliphatic carbocycles. The molecule has 2 aromatic rings. The van der Waals surface area contributed by atoms with Gasteiger partial charge in [0.25, 0.3) is 0 Å². The molecule has 138 valence electrons. The molecule has 0 aliphatic heterocycles. The van der Waals surface area contributed by atoms with Crippen LogP contribution in [0.3, 0.4) is 0 Å². The second-order valence-electron chi connectivity index (χ2n) is 6.29. The van der Waals surface area contributed by atoms with Gasteiger partial charge in [0, 0.05) is 29.2 Å². The highest BCUT2D eigenvalue weighted by atomic mass is 35.5. The van der Waals surface area contributed by atoms with Gasteiger partial charge in [-0.15, -0.1) is 0 Å². The Labute approximate surface area is 164 Å². The van der Waals surface area contributed by atoms with Gasteiger partial charge in [-0.1, -0.05) is 47.0 Å². The summed E-state index contributed by atoms with van der Waals surface area (Å²) in [7, 11) is 0. The number of carbonyl (C=O) groups excluding carboxylic acids is 2. The number of rotatable bonds is 6. The summed E-state index contributed by atoms with van der Waals surface area (Å²) in [5.74, 6) is -0.389. The molecule has 4 nitrogen and oxygen atoms in total. The van der Waals surface area contributed by atoms with Crippen LogP contribution in [0.2, 0.25) is 10.0 Å². The normalized spacial score (nSPS) is 10.5. The number of hydrogen-bond acceptors (Lipinski definition) is 2. The van der Waals surface area contributed by atoms with Crippen LogP contribution in [0, 0.1) is 13.8 Å². The fraction of sp³-hybridized carbons (Fsp3) is 0.300. The molecule has 2 aromatic carbocycles. The minimum atomic E-state index is -0.227. The summed E-state index contributed by atoms with van der Waals surface area (Å²) in [6, 6.07) is 11.1. The maximum atomic E-state index is 12.3. The quantitative estimate of drug-likeness (QED) is 0.777. The zero-order valence-corrected chi connectivity index (χ0v) is 16.6. The zero-order chi connectivity index (χ0) is 19.3. The van der Waals surface area contributed by atoms with Crippen LogP contribution >= 0.6 is 23.2 Å². The third-order valence-corrected chi connectivity index (χ3v) is 4.69. The number of hydrogen-bond donors (Lipinski definition) is 1. The average molecular weight is 393 g/mol. The number of amides is 2. The van der Waals surface area contributed by atoms with E-state index in [0.29, 0.717) is 23.0 Å². The lowest BCUT2D eigenvalue weighted by Gasteiger charge is -2.21. The largest absolute Gasteiger partial charge is 0.333 e. The van der Waals surface area contributed by atoms with E-state index in [1.807, 2.05) is 38.1 Å². The predicted octanol–water partition coefficient (Wildman–Crippen LogP) is 4.64. The fourth-order valence-electron chi connectivity index (χ4n) is 2.64. The number of benzene rings is 2. The van der Waals surface area contributed by atoms with Crippen LogP contribution in [-0.2, 0) is 16.0 Å². The van der Waals surface area contributed by atoms with Gasteiger partial charge >= 0.3 is 0 Å². The van der Waals surface area contributed by atoms with E-state index in [2.05, 4.69) is 5.32 Å². The Morgan fingerprint density at radius 2 is 1.81 bits per heavy atom. The number of anilines is 1. The van der Waals surface area contributed by atoms with Crippen LogP contribution in [0.25, 0.3) is 0 Å². The molecule has 2 rings (SSSR count). The van der Waals surface area contributed by atoms with Crippen LogP contribution < -0.4 is 5.32 Å². The first-order chi connectivity index (χ1) is 12.3. The first-order valence-electron chi connectivity index (χ1n) is 8.33. The third kappa shape index (κ3) is 5.75. The summed E-state index contributed by atoms with van der Waals surface area (Å²) in [6.07, 6.45) is 0.548. The molecule has 0 atom stereocenters. The molecule has 6 heteroatoms. The van der Waals surface area contributed by atoms with E-state index in [-0.39, 0.29) is 18.4 Å². The summed E-state index contributed by atoms with van der Waals surface area (Å²) in [5, 5.41) is 3.98. The van der Waals surface area contributed by atoms with Gasteiger partial charge in [-0.2, -0.15) is 0 Å². The van der Waals surface area contributed by atoms with Gasteiger partial charge in [0.2, 0.25) is 11.8 Å². The smallest absolute Gasteiger partial charge is 0.244 e. The Balaban J connectivity index is 1.98. The van der Waals surface area contributed by atoms with Crippen molar-refractivity contribution in [2.75, 3.05) is 18.4 Å². The molecule has 0 aliphatic rings. The molecule has 0 saturated heterocycles. The molecular formula is C20H22Cl2N2O2. The van der Waals surface area contributed by atoms with Crippen molar-refractivity contribution in [2.24, 2.45) is 0 Å². The van der Waals surface area contributed by atoms with E-state index in [1.165, 1.54) is 11.8 Å². The Morgan fingerprint density at radius 3 is 2.42 bits per heavy atom. The molecule has 0 fully saturated rings. The van der Waals surface area contributed by atoms with E-state index in [4.69, 9.17) is 23.2 Å². The number of nitrogens with one attached hydrogen (secondary N) is 1. The Morgan fingerprint density at radius 1 is 1.08 bits per heavy atom. The molecular weight excluding hydrogens is 371 g/mol. The molecule has 0 saturated carbocycles. The number of halogens is 2. The fourth-order valence-corrected chi connectivity index (χ4v) is 3.15. The lowest BCUT2D eigenvalue weighted by atomic mass is 10.1. The van der Waals surface area contributed by atoms with Crippen molar-refractivity contribution in [3.8, 4) is 0 Å². The van der Waals surface area contributed by atoms with Crippen molar-refractivity contribution in [2.45, 2.75) is 27.2 Å². The highest BCUT2D eigenvalue weighted by Gasteiger charge is 2.15. The summed E-state index contributed by atoms with van der Waals surface area (Å²) in [4.78, 5) is 25.7. The molecule has 0 unspecified atom stereocenters. The van der Waals surface area contributed by atoms with Gasteiger partial charge in [0.1, 0.15) is 0 Å². The highest BCUT2D eigenvalue weighted by molar-refractivity contribution is 6.35. The highest BCUT2D eigenvalue weighted by Crippen LogP contribution is 2.21. The summed E-state index contributed by atoms with van der Waals surface area (Å²) in [6.45, 7) is 5.78. The van der Waals surface area contributed by atoms with Crippen LogP contribution in [-0.4, -0.2) is 29.8 Å². The predicted molar refractivity (Wildman–Crippen MR) is 107 cm³/mol. The van der Waals surface area contributed by atoms with Gasteiger partial charge < -0.3 is 10.2 Å². The molecule has 0 aromatic heterocycles. The molecule has 0 heterocycles. The van der Waals surface area contributed by atoms with Crippen LogP contribution in [0.15, 0.2) is 36.4 Å². The minimum Gasteiger partial charge on any atom is -0.333 e. The second-order valence-corrected chi connectivity index (χ2v) is 7.14. The maximum absolute atomic E-state index is 12.3. The van der Waals surface area contributed by atoms with Crippen molar-refractivity contribution in [1.29, 1.82) is 0 Å². The number of nitrogens with zero attached hydrogens (tertiary/aromatic N) is 1. The van der Waals surface area contributed by atoms with Crippen molar-refractivity contribution in [3.63, 3.8) is 0 Å². The molecule has 0 spiro atoms. The lowest BCUT2D eigenvalue weighted by Crippen LogP contribution is -2.38. The van der Waals surface area contributed by atoms with Gasteiger partial charge in [0.05, 0.1) is 6.54 Å². The molecule has 26 heavy (non-hydrogen) atoms.